The SMILES string of the molecule is CC(C)(C)CCCCc1ccncc1. The lowest BCUT2D eigenvalue weighted by atomic mass is 9.89. The fourth-order valence-electron chi connectivity index (χ4n) is 1.53. The van der Waals surface area contributed by atoms with Gasteiger partial charge < -0.3 is 0 Å². The molecule has 0 aromatic carbocycles. The average Bonchev–Trinajstić information content (AvgIpc) is 2.13. The van der Waals surface area contributed by atoms with Crippen LogP contribution < -0.4 is 0 Å². The van der Waals surface area contributed by atoms with E-state index in [1.165, 1.54) is 31.2 Å². The first-order valence-corrected chi connectivity index (χ1v) is 5.47. The van der Waals surface area contributed by atoms with Crippen molar-refractivity contribution in [2.45, 2.75) is 46.5 Å². The lowest BCUT2D eigenvalue weighted by Gasteiger charge is -2.17. The molecule has 0 aliphatic carbocycles. The van der Waals surface area contributed by atoms with Crippen LogP contribution in [-0.2, 0) is 6.42 Å². The summed E-state index contributed by atoms with van der Waals surface area (Å²) in [5.74, 6) is 0. The fraction of sp³-hybridized carbons (Fsp3) is 0.615. The third-order valence-electron chi connectivity index (χ3n) is 2.39. The highest BCUT2D eigenvalue weighted by Gasteiger charge is 2.08. The molecule has 0 N–H and O–H groups in total. The second-order valence-electron chi connectivity index (χ2n) is 5.12. The first-order chi connectivity index (χ1) is 6.58. The molecule has 0 unspecified atom stereocenters. The van der Waals surface area contributed by atoms with Gasteiger partial charge in [0.15, 0.2) is 0 Å². The van der Waals surface area contributed by atoms with Gasteiger partial charge in [-0.3, -0.25) is 4.98 Å². The third-order valence-corrected chi connectivity index (χ3v) is 2.39. The molecular weight excluding hydrogens is 170 g/mol. The van der Waals surface area contributed by atoms with E-state index < -0.39 is 0 Å². The van der Waals surface area contributed by atoms with Crippen LogP contribution in [0.3, 0.4) is 0 Å². The number of nitrogens with zero attached hydrogens (tertiary/aromatic N) is 1. The maximum atomic E-state index is 4.01. The molecule has 0 fully saturated rings. The average molecular weight is 191 g/mol. The van der Waals surface area contributed by atoms with Crippen molar-refractivity contribution in [1.29, 1.82) is 0 Å². The van der Waals surface area contributed by atoms with E-state index in [1.54, 1.807) is 0 Å². The Morgan fingerprint density at radius 2 is 1.71 bits per heavy atom. The molecule has 0 saturated carbocycles. The normalized spacial score (nSPS) is 11.6. The predicted octanol–water partition coefficient (Wildman–Crippen LogP) is 3.84. The second-order valence-corrected chi connectivity index (χ2v) is 5.12. The highest BCUT2D eigenvalue weighted by molar-refractivity contribution is 5.09. The summed E-state index contributed by atoms with van der Waals surface area (Å²) in [6.07, 6.45) is 8.88. The maximum absolute atomic E-state index is 4.01. The number of aromatic nitrogens is 1. The number of pyridine rings is 1. The van der Waals surface area contributed by atoms with Crippen molar-refractivity contribution >= 4 is 0 Å². The molecule has 0 saturated heterocycles. The molecule has 0 aliphatic heterocycles. The lowest BCUT2D eigenvalue weighted by Crippen LogP contribution is -2.04. The van der Waals surface area contributed by atoms with Crippen molar-refractivity contribution in [2.24, 2.45) is 5.41 Å². The number of aryl methyl sites for hydroxylation is 1. The van der Waals surface area contributed by atoms with Crippen LogP contribution >= 0.6 is 0 Å². The molecule has 0 spiro atoms. The zero-order chi connectivity index (χ0) is 10.4. The van der Waals surface area contributed by atoms with E-state index in [1.807, 2.05) is 12.4 Å². The molecule has 0 radical (unpaired) electrons. The zero-order valence-corrected chi connectivity index (χ0v) is 9.59. The van der Waals surface area contributed by atoms with Crippen LogP contribution in [0.2, 0.25) is 0 Å². The Bertz CT molecular complexity index is 246. The summed E-state index contributed by atoms with van der Waals surface area (Å²) in [6, 6.07) is 4.22. The monoisotopic (exact) mass is 191 g/mol. The van der Waals surface area contributed by atoms with Gasteiger partial charge in [-0.05, 0) is 42.4 Å². The molecule has 1 aromatic heterocycles. The quantitative estimate of drug-likeness (QED) is 0.659. The van der Waals surface area contributed by atoms with Gasteiger partial charge in [-0.1, -0.05) is 27.2 Å². The minimum Gasteiger partial charge on any atom is -0.265 e. The first-order valence-electron chi connectivity index (χ1n) is 5.47. The first kappa shape index (κ1) is 11.2. The molecule has 1 aromatic rings. The highest BCUT2D eigenvalue weighted by Crippen LogP contribution is 2.22. The Labute approximate surface area is 87.6 Å². The van der Waals surface area contributed by atoms with Crippen molar-refractivity contribution in [3.63, 3.8) is 0 Å². The summed E-state index contributed by atoms with van der Waals surface area (Å²) in [6.45, 7) is 6.91. The fourth-order valence-corrected chi connectivity index (χ4v) is 1.53. The zero-order valence-electron chi connectivity index (χ0n) is 9.59. The smallest absolute Gasteiger partial charge is 0.0270 e. The molecule has 1 nitrogen and oxygen atoms in total. The van der Waals surface area contributed by atoms with Crippen LogP contribution in [0.4, 0.5) is 0 Å². The van der Waals surface area contributed by atoms with Gasteiger partial charge in [0, 0.05) is 12.4 Å². The molecule has 0 atom stereocenters. The van der Waals surface area contributed by atoms with Crippen molar-refractivity contribution in [3.05, 3.63) is 30.1 Å². The van der Waals surface area contributed by atoms with E-state index in [4.69, 9.17) is 0 Å². The molecule has 14 heavy (non-hydrogen) atoms. The van der Waals surface area contributed by atoms with Gasteiger partial charge in [0.05, 0.1) is 0 Å². The Kier molecular flexibility index (Phi) is 4.12. The maximum Gasteiger partial charge on any atom is 0.0270 e. The van der Waals surface area contributed by atoms with E-state index in [0.29, 0.717) is 5.41 Å². The van der Waals surface area contributed by atoms with Gasteiger partial charge in [-0.2, -0.15) is 0 Å². The number of hydrogen-bond acceptors (Lipinski definition) is 1. The van der Waals surface area contributed by atoms with E-state index in [2.05, 4.69) is 37.9 Å². The van der Waals surface area contributed by atoms with Crippen molar-refractivity contribution in [1.82, 2.24) is 4.98 Å². The van der Waals surface area contributed by atoms with Crippen LogP contribution in [0.25, 0.3) is 0 Å². The molecular formula is C13H21N. The Morgan fingerprint density at radius 3 is 2.29 bits per heavy atom. The van der Waals surface area contributed by atoms with Crippen molar-refractivity contribution in [2.75, 3.05) is 0 Å². The third kappa shape index (κ3) is 5.00. The van der Waals surface area contributed by atoms with E-state index in [-0.39, 0.29) is 0 Å². The van der Waals surface area contributed by atoms with E-state index in [0.717, 1.165) is 0 Å². The van der Waals surface area contributed by atoms with Crippen LogP contribution in [0.1, 0.15) is 45.6 Å². The van der Waals surface area contributed by atoms with Crippen LogP contribution in [-0.4, -0.2) is 4.98 Å². The minimum absolute atomic E-state index is 0.484. The summed E-state index contributed by atoms with van der Waals surface area (Å²) in [4.78, 5) is 4.01. The molecule has 78 valence electrons. The molecule has 0 bridgehead atoms. The molecule has 1 heterocycles. The van der Waals surface area contributed by atoms with Gasteiger partial charge >= 0.3 is 0 Å². The number of rotatable bonds is 4. The van der Waals surface area contributed by atoms with Crippen LogP contribution in [0.5, 0.6) is 0 Å². The van der Waals surface area contributed by atoms with Crippen LogP contribution in [0.15, 0.2) is 24.5 Å². The molecule has 1 rings (SSSR count). The Hall–Kier alpha value is -0.850. The second kappa shape index (κ2) is 5.14. The number of hydrogen-bond donors (Lipinski definition) is 0. The summed E-state index contributed by atoms with van der Waals surface area (Å²) in [5.41, 5.74) is 1.90. The van der Waals surface area contributed by atoms with Gasteiger partial charge in [0.1, 0.15) is 0 Å². The van der Waals surface area contributed by atoms with Crippen molar-refractivity contribution in [3.8, 4) is 0 Å². The summed E-state index contributed by atoms with van der Waals surface area (Å²) in [7, 11) is 0. The summed E-state index contributed by atoms with van der Waals surface area (Å²) < 4.78 is 0. The Balaban J connectivity index is 2.17. The molecule has 0 aliphatic rings. The minimum atomic E-state index is 0.484. The van der Waals surface area contributed by atoms with E-state index in [9.17, 15) is 0 Å². The highest BCUT2D eigenvalue weighted by atomic mass is 14.6. The van der Waals surface area contributed by atoms with Gasteiger partial charge in [0.2, 0.25) is 0 Å². The Morgan fingerprint density at radius 1 is 1.07 bits per heavy atom. The van der Waals surface area contributed by atoms with E-state index >= 15 is 0 Å². The van der Waals surface area contributed by atoms with Crippen LogP contribution in [0, 0.1) is 5.41 Å². The molecule has 1 heteroatoms. The predicted molar refractivity (Wildman–Crippen MR) is 61.2 cm³/mol. The van der Waals surface area contributed by atoms with Gasteiger partial charge in [-0.25, -0.2) is 0 Å². The van der Waals surface area contributed by atoms with Crippen molar-refractivity contribution < 1.29 is 0 Å². The standard InChI is InChI=1S/C13H21N/c1-13(2,3)9-5-4-6-12-7-10-14-11-8-12/h7-8,10-11H,4-6,9H2,1-3H3. The van der Waals surface area contributed by atoms with Gasteiger partial charge in [-0.15, -0.1) is 0 Å². The van der Waals surface area contributed by atoms with Gasteiger partial charge in [0.25, 0.3) is 0 Å². The molecule has 0 amide bonds. The lowest BCUT2D eigenvalue weighted by molar-refractivity contribution is 0.360. The topological polar surface area (TPSA) is 12.9 Å². The summed E-state index contributed by atoms with van der Waals surface area (Å²) in [5, 5.41) is 0. The number of unbranched alkanes of at least 4 members (excludes halogenated alkanes) is 1. The largest absolute Gasteiger partial charge is 0.265 e. The summed E-state index contributed by atoms with van der Waals surface area (Å²) >= 11 is 0.